The topological polar surface area (TPSA) is 90.1 Å². The minimum Gasteiger partial charge on any atom is -0.323 e. The van der Waals surface area contributed by atoms with Gasteiger partial charge in [-0.05, 0) is 30.3 Å². The fourth-order valence-corrected chi connectivity index (χ4v) is 3.08. The Morgan fingerprint density at radius 3 is 2.39 bits per heavy atom. The maximum Gasteiger partial charge on any atom is 0.270 e. The maximum atomic E-state index is 12.3. The van der Waals surface area contributed by atoms with Crippen LogP contribution in [0.1, 0.15) is 5.56 Å². The molecule has 7 nitrogen and oxygen atoms in total. The number of nitro groups is 1. The molecule has 0 atom stereocenters. The van der Waals surface area contributed by atoms with Crippen LogP contribution in [-0.4, -0.2) is 20.6 Å². The van der Waals surface area contributed by atoms with Crippen molar-refractivity contribution in [2.75, 3.05) is 5.32 Å². The van der Waals surface area contributed by atoms with E-state index in [-0.39, 0.29) is 11.6 Å². The summed E-state index contributed by atoms with van der Waals surface area (Å²) in [5.41, 5.74) is 3.29. The highest BCUT2D eigenvalue weighted by molar-refractivity contribution is 6.02. The lowest BCUT2D eigenvalue weighted by atomic mass is 10.1. The normalized spacial score (nSPS) is 10.8. The minimum atomic E-state index is -0.444. The molecule has 1 heterocycles. The first kappa shape index (κ1) is 19.8. The van der Waals surface area contributed by atoms with E-state index in [0.717, 1.165) is 5.69 Å². The van der Waals surface area contributed by atoms with Gasteiger partial charge in [0.1, 0.15) is 5.69 Å². The van der Waals surface area contributed by atoms with Crippen LogP contribution in [0.25, 0.3) is 23.0 Å². The molecule has 0 saturated heterocycles. The molecule has 3 aromatic carbocycles. The molecule has 152 valence electrons. The van der Waals surface area contributed by atoms with E-state index in [1.165, 1.54) is 18.2 Å². The number of nitro benzene ring substituents is 1. The van der Waals surface area contributed by atoms with Crippen LogP contribution >= 0.6 is 0 Å². The van der Waals surface area contributed by atoms with Gasteiger partial charge in [0.25, 0.3) is 5.69 Å². The average Bonchev–Trinajstić information content (AvgIpc) is 3.23. The molecule has 4 aromatic rings. The number of rotatable bonds is 6. The number of carbonyl (C=O) groups excluding carboxylic acids is 1. The molecule has 0 radical (unpaired) electrons. The Labute approximate surface area is 178 Å². The second-order valence-electron chi connectivity index (χ2n) is 6.71. The highest BCUT2D eigenvalue weighted by Crippen LogP contribution is 2.27. The zero-order valence-corrected chi connectivity index (χ0v) is 16.4. The molecule has 1 aromatic heterocycles. The number of benzene rings is 3. The molecule has 0 fully saturated rings. The second kappa shape index (κ2) is 8.87. The number of nitrogens with one attached hydrogen (secondary N) is 1. The zero-order chi connectivity index (χ0) is 21.6. The van der Waals surface area contributed by atoms with Crippen LogP contribution in [-0.2, 0) is 4.79 Å². The molecule has 7 heteroatoms. The number of nitrogens with zero attached hydrogens (tertiary/aromatic N) is 3. The zero-order valence-electron chi connectivity index (χ0n) is 16.4. The lowest BCUT2D eigenvalue weighted by Gasteiger charge is -2.01. The fourth-order valence-electron chi connectivity index (χ4n) is 3.08. The molecule has 31 heavy (non-hydrogen) atoms. The monoisotopic (exact) mass is 410 g/mol. The van der Waals surface area contributed by atoms with Gasteiger partial charge in [0.15, 0.2) is 0 Å². The van der Waals surface area contributed by atoms with Gasteiger partial charge in [0, 0.05) is 41.2 Å². The summed E-state index contributed by atoms with van der Waals surface area (Å²) in [4.78, 5) is 23.1. The molecule has 0 aliphatic carbocycles. The number of non-ortho nitro benzene ring substituents is 1. The van der Waals surface area contributed by atoms with Gasteiger partial charge in [0.2, 0.25) is 5.91 Å². The van der Waals surface area contributed by atoms with Crippen molar-refractivity contribution in [3.8, 4) is 16.9 Å². The lowest BCUT2D eigenvalue weighted by Crippen LogP contribution is -2.07. The average molecular weight is 410 g/mol. The van der Waals surface area contributed by atoms with E-state index in [9.17, 15) is 14.9 Å². The molecular formula is C24H18N4O3. The smallest absolute Gasteiger partial charge is 0.270 e. The van der Waals surface area contributed by atoms with E-state index in [0.29, 0.717) is 22.5 Å². The Morgan fingerprint density at radius 2 is 1.68 bits per heavy atom. The molecule has 0 aliphatic heterocycles. The van der Waals surface area contributed by atoms with Crippen molar-refractivity contribution in [3.05, 3.63) is 113 Å². The number of carbonyl (C=O) groups is 1. The van der Waals surface area contributed by atoms with Gasteiger partial charge in [-0.3, -0.25) is 14.9 Å². The highest BCUT2D eigenvalue weighted by atomic mass is 16.6. The number of amides is 1. The van der Waals surface area contributed by atoms with Crippen molar-refractivity contribution in [2.24, 2.45) is 0 Å². The standard InChI is InChI=1S/C24H18N4O3/c29-23(25-20-9-3-1-4-10-20)15-14-19-17-27(21-11-5-2-6-12-21)26-24(19)18-8-7-13-22(16-18)28(30)31/h1-17H,(H,25,29)/b15-14-. The summed E-state index contributed by atoms with van der Waals surface area (Å²) in [5, 5.41) is 18.6. The Bertz CT molecular complexity index is 1250. The fraction of sp³-hybridized carbons (Fsp3) is 0. The Kier molecular flexibility index (Phi) is 5.66. The van der Waals surface area contributed by atoms with E-state index in [2.05, 4.69) is 10.4 Å². The number of aromatic nitrogens is 2. The quantitative estimate of drug-likeness (QED) is 0.272. The van der Waals surface area contributed by atoms with Crippen molar-refractivity contribution in [1.82, 2.24) is 9.78 Å². The van der Waals surface area contributed by atoms with Crippen LogP contribution in [0.4, 0.5) is 11.4 Å². The Balaban J connectivity index is 1.70. The van der Waals surface area contributed by atoms with E-state index in [1.807, 2.05) is 48.5 Å². The predicted molar refractivity (Wildman–Crippen MR) is 120 cm³/mol. The van der Waals surface area contributed by atoms with Crippen LogP contribution in [0.3, 0.4) is 0 Å². The third-order valence-electron chi connectivity index (χ3n) is 4.55. The summed E-state index contributed by atoms with van der Waals surface area (Å²) in [5.74, 6) is -0.288. The molecule has 0 spiro atoms. The lowest BCUT2D eigenvalue weighted by molar-refractivity contribution is -0.384. The van der Waals surface area contributed by atoms with Gasteiger partial charge in [-0.2, -0.15) is 5.10 Å². The number of hydrogen-bond acceptors (Lipinski definition) is 4. The van der Waals surface area contributed by atoms with Gasteiger partial charge in [-0.1, -0.05) is 48.5 Å². The van der Waals surface area contributed by atoms with E-state index < -0.39 is 4.92 Å². The number of hydrogen-bond donors (Lipinski definition) is 1. The number of para-hydroxylation sites is 2. The van der Waals surface area contributed by atoms with Gasteiger partial charge in [-0.25, -0.2) is 4.68 Å². The van der Waals surface area contributed by atoms with E-state index in [1.54, 1.807) is 41.2 Å². The molecule has 4 rings (SSSR count). The van der Waals surface area contributed by atoms with Crippen molar-refractivity contribution in [2.45, 2.75) is 0 Å². The van der Waals surface area contributed by atoms with Crippen molar-refractivity contribution < 1.29 is 9.72 Å². The van der Waals surface area contributed by atoms with Gasteiger partial charge >= 0.3 is 0 Å². The Hall–Kier alpha value is -4.52. The van der Waals surface area contributed by atoms with Crippen LogP contribution in [0.15, 0.2) is 97.2 Å². The van der Waals surface area contributed by atoms with E-state index >= 15 is 0 Å². The van der Waals surface area contributed by atoms with Crippen molar-refractivity contribution in [3.63, 3.8) is 0 Å². The summed E-state index contributed by atoms with van der Waals surface area (Å²) < 4.78 is 1.68. The third-order valence-corrected chi connectivity index (χ3v) is 4.55. The van der Waals surface area contributed by atoms with E-state index in [4.69, 9.17) is 0 Å². The summed E-state index contributed by atoms with van der Waals surface area (Å²) >= 11 is 0. The van der Waals surface area contributed by atoms with Gasteiger partial charge in [0.05, 0.1) is 10.6 Å². The molecule has 0 aliphatic rings. The largest absolute Gasteiger partial charge is 0.323 e. The second-order valence-corrected chi connectivity index (χ2v) is 6.71. The summed E-state index contributed by atoms with van der Waals surface area (Å²) in [6, 6.07) is 24.9. The minimum absolute atomic E-state index is 0.0245. The Morgan fingerprint density at radius 1 is 0.968 bits per heavy atom. The van der Waals surface area contributed by atoms with Crippen molar-refractivity contribution >= 4 is 23.4 Å². The van der Waals surface area contributed by atoms with Crippen LogP contribution in [0.5, 0.6) is 0 Å². The SMILES string of the molecule is O=C(/C=C\c1cn(-c2ccccc2)nc1-c1cccc([N+](=O)[O-])c1)Nc1ccccc1. The number of anilines is 1. The summed E-state index contributed by atoms with van der Waals surface area (Å²) in [6.07, 6.45) is 4.86. The molecule has 1 N–H and O–H groups in total. The predicted octanol–water partition coefficient (Wildman–Crippen LogP) is 5.10. The highest BCUT2D eigenvalue weighted by Gasteiger charge is 2.14. The molecule has 0 unspecified atom stereocenters. The molecule has 1 amide bonds. The third kappa shape index (κ3) is 4.73. The van der Waals surface area contributed by atoms with Gasteiger partial charge < -0.3 is 5.32 Å². The van der Waals surface area contributed by atoms with Crippen LogP contribution < -0.4 is 5.32 Å². The molecular weight excluding hydrogens is 392 g/mol. The first-order valence-electron chi connectivity index (χ1n) is 9.54. The first-order valence-corrected chi connectivity index (χ1v) is 9.54. The maximum absolute atomic E-state index is 12.3. The van der Waals surface area contributed by atoms with Crippen molar-refractivity contribution in [1.29, 1.82) is 0 Å². The molecule has 0 saturated carbocycles. The summed E-state index contributed by atoms with van der Waals surface area (Å²) in [6.45, 7) is 0. The van der Waals surface area contributed by atoms with Gasteiger partial charge in [-0.15, -0.1) is 0 Å². The molecule has 0 bridgehead atoms. The van der Waals surface area contributed by atoms with Crippen LogP contribution in [0, 0.1) is 10.1 Å². The van der Waals surface area contributed by atoms with Crippen LogP contribution in [0.2, 0.25) is 0 Å². The summed E-state index contributed by atoms with van der Waals surface area (Å²) in [7, 11) is 0. The first-order chi connectivity index (χ1) is 15.1.